The first kappa shape index (κ1) is 13.7. The minimum atomic E-state index is -0.211. The van der Waals surface area contributed by atoms with Gasteiger partial charge in [-0.2, -0.15) is 0 Å². The Morgan fingerprint density at radius 2 is 1.32 bits per heavy atom. The smallest absolute Gasteiger partial charge is 0.129 e. The molecule has 0 atom stereocenters. The van der Waals surface area contributed by atoms with E-state index >= 15 is 0 Å². The minimum Gasteiger partial charge on any atom is -0.206 e. The van der Waals surface area contributed by atoms with Gasteiger partial charge in [-0.1, -0.05) is 31.2 Å². The van der Waals surface area contributed by atoms with Crippen LogP contribution in [0.3, 0.4) is 0 Å². The van der Waals surface area contributed by atoms with E-state index in [9.17, 15) is 8.78 Å². The fourth-order valence-corrected chi connectivity index (χ4v) is 2.42. The molecule has 0 bridgehead atoms. The highest BCUT2D eigenvalue weighted by Gasteiger charge is 2.14. The Labute approximate surface area is 113 Å². The summed E-state index contributed by atoms with van der Waals surface area (Å²) < 4.78 is 28.1. The molecule has 0 saturated heterocycles. The summed E-state index contributed by atoms with van der Waals surface area (Å²) in [4.78, 5) is 0. The highest BCUT2D eigenvalue weighted by molar-refractivity contribution is 5.71. The van der Waals surface area contributed by atoms with Gasteiger partial charge in [-0.25, -0.2) is 8.78 Å². The first-order valence-corrected chi connectivity index (χ1v) is 6.51. The van der Waals surface area contributed by atoms with E-state index in [1.807, 2.05) is 19.1 Å². The molecule has 2 aromatic carbocycles. The largest absolute Gasteiger partial charge is 0.206 e. The number of hydrogen-bond donors (Lipinski definition) is 0. The highest BCUT2D eigenvalue weighted by atomic mass is 19.1. The number of rotatable bonds is 2. The van der Waals surface area contributed by atoms with Crippen LogP contribution in [0, 0.1) is 32.4 Å². The summed E-state index contributed by atoms with van der Waals surface area (Å²) in [7, 11) is 0. The lowest BCUT2D eigenvalue weighted by Gasteiger charge is -2.14. The SMILES string of the molecule is CCc1ccc(-c2ccc(C)c(F)c2C)c(C)c1F. The van der Waals surface area contributed by atoms with E-state index in [1.165, 1.54) is 0 Å². The first-order chi connectivity index (χ1) is 8.97. The van der Waals surface area contributed by atoms with E-state index in [0.29, 0.717) is 28.7 Å². The molecule has 0 saturated carbocycles. The van der Waals surface area contributed by atoms with E-state index in [-0.39, 0.29) is 11.6 Å². The number of halogens is 2. The van der Waals surface area contributed by atoms with Crippen molar-refractivity contribution < 1.29 is 8.78 Å². The summed E-state index contributed by atoms with van der Waals surface area (Å²) in [6.45, 7) is 7.15. The maximum absolute atomic E-state index is 14.2. The predicted octanol–water partition coefficient (Wildman–Crippen LogP) is 5.12. The van der Waals surface area contributed by atoms with E-state index in [4.69, 9.17) is 0 Å². The van der Waals surface area contributed by atoms with Gasteiger partial charge in [-0.05, 0) is 60.6 Å². The van der Waals surface area contributed by atoms with Crippen LogP contribution in [0.25, 0.3) is 11.1 Å². The molecule has 2 aromatic rings. The Kier molecular flexibility index (Phi) is 3.70. The normalized spacial score (nSPS) is 10.8. The third kappa shape index (κ3) is 2.27. The van der Waals surface area contributed by atoms with Gasteiger partial charge >= 0.3 is 0 Å². The quantitative estimate of drug-likeness (QED) is 0.703. The third-order valence-corrected chi connectivity index (χ3v) is 3.72. The molecule has 0 radical (unpaired) electrons. The molecule has 0 unspecified atom stereocenters. The lowest BCUT2D eigenvalue weighted by molar-refractivity contribution is 0.602. The molecule has 0 nitrogen and oxygen atoms in total. The van der Waals surface area contributed by atoms with Gasteiger partial charge in [0, 0.05) is 0 Å². The molecule has 0 fully saturated rings. The van der Waals surface area contributed by atoms with Crippen LogP contribution in [0.4, 0.5) is 8.78 Å². The second kappa shape index (κ2) is 5.12. The lowest BCUT2D eigenvalue weighted by atomic mass is 9.93. The summed E-state index contributed by atoms with van der Waals surface area (Å²) in [5.74, 6) is -0.391. The Bertz CT molecular complexity index is 628. The molecule has 100 valence electrons. The van der Waals surface area contributed by atoms with Crippen molar-refractivity contribution in [3.63, 3.8) is 0 Å². The van der Waals surface area contributed by atoms with Crippen molar-refractivity contribution in [2.24, 2.45) is 0 Å². The zero-order valence-corrected chi connectivity index (χ0v) is 11.8. The molecular weight excluding hydrogens is 242 g/mol. The van der Waals surface area contributed by atoms with Crippen LogP contribution in [0.5, 0.6) is 0 Å². The summed E-state index contributed by atoms with van der Waals surface area (Å²) in [6, 6.07) is 7.27. The van der Waals surface area contributed by atoms with Gasteiger partial charge in [0.05, 0.1) is 0 Å². The molecule has 0 heterocycles. The van der Waals surface area contributed by atoms with Gasteiger partial charge in [0.1, 0.15) is 11.6 Å². The molecule has 0 amide bonds. The summed E-state index contributed by atoms with van der Waals surface area (Å²) in [5.41, 5.74) is 4.02. The summed E-state index contributed by atoms with van der Waals surface area (Å²) in [6.07, 6.45) is 0.661. The molecule has 0 aliphatic carbocycles. The van der Waals surface area contributed by atoms with Crippen molar-refractivity contribution in [1.82, 2.24) is 0 Å². The second-order valence-electron chi connectivity index (χ2n) is 4.93. The van der Waals surface area contributed by atoms with Crippen LogP contribution in [0.1, 0.15) is 29.2 Å². The molecule has 0 N–H and O–H groups in total. The summed E-state index contributed by atoms with van der Waals surface area (Å²) in [5, 5.41) is 0. The van der Waals surface area contributed by atoms with E-state index in [2.05, 4.69) is 0 Å². The Morgan fingerprint density at radius 1 is 0.789 bits per heavy atom. The Balaban J connectivity index is 2.67. The van der Waals surface area contributed by atoms with E-state index in [0.717, 1.165) is 11.1 Å². The third-order valence-electron chi connectivity index (χ3n) is 3.72. The van der Waals surface area contributed by atoms with Gasteiger partial charge in [-0.3, -0.25) is 0 Å². The highest BCUT2D eigenvalue weighted by Crippen LogP contribution is 2.31. The second-order valence-corrected chi connectivity index (χ2v) is 4.93. The van der Waals surface area contributed by atoms with Crippen molar-refractivity contribution >= 4 is 0 Å². The Hall–Kier alpha value is -1.70. The van der Waals surface area contributed by atoms with E-state index in [1.54, 1.807) is 32.9 Å². The van der Waals surface area contributed by atoms with Crippen LogP contribution in [0.2, 0.25) is 0 Å². The fourth-order valence-electron chi connectivity index (χ4n) is 2.42. The molecule has 0 aromatic heterocycles. The average molecular weight is 260 g/mol. The predicted molar refractivity (Wildman–Crippen MR) is 75.4 cm³/mol. The van der Waals surface area contributed by atoms with Crippen LogP contribution < -0.4 is 0 Å². The molecule has 2 rings (SSSR count). The van der Waals surface area contributed by atoms with Crippen LogP contribution in [-0.2, 0) is 6.42 Å². The maximum Gasteiger partial charge on any atom is 0.129 e. The minimum absolute atomic E-state index is 0.180. The number of aryl methyl sites for hydroxylation is 2. The fraction of sp³-hybridized carbons (Fsp3) is 0.294. The maximum atomic E-state index is 14.2. The molecular formula is C17H18F2. The van der Waals surface area contributed by atoms with Crippen LogP contribution in [0.15, 0.2) is 24.3 Å². The first-order valence-electron chi connectivity index (χ1n) is 6.51. The Morgan fingerprint density at radius 3 is 1.89 bits per heavy atom. The molecule has 0 aliphatic heterocycles. The van der Waals surface area contributed by atoms with Crippen molar-refractivity contribution in [1.29, 1.82) is 0 Å². The molecule has 0 spiro atoms. The summed E-state index contributed by atoms with van der Waals surface area (Å²) >= 11 is 0. The van der Waals surface area contributed by atoms with Gasteiger partial charge in [0.2, 0.25) is 0 Å². The lowest BCUT2D eigenvalue weighted by Crippen LogP contribution is -1.98. The topological polar surface area (TPSA) is 0 Å². The van der Waals surface area contributed by atoms with Crippen LogP contribution in [-0.4, -0.2) is 0 Å². The molecule has 2 heteroatoms. The van der Waals surface area contributed by atoms with Gasteiger partial charge in [0.25, 0.3) is 0 Å². The zero-order valence-electron chi connectivity index (χ0n) is 11.8. The standard InChI is InChI=1S/C17H18F2/c1-5-13-7-9-15(12(4)17(13)19)14-8-6-10(2)16(18)11(14)3/h6-9H,5H2,1-4H3. The van der Waals surface area contributed by atoms with Crippen molar-refractivity contribution in [2.75, 3.05) is 0 Å². The van der Waals surface area contributed by atoms with Crippen LogP contribution >= 0.6 is 0 Å². The zero-order chi connectivity index (χ0) is 14.2. The van der Waals surface area contributed by atoms with Gasteiger partial charge in [0.15, 0.2) is 0 Å². The average Bonchev–Trinajstić information content (AvgIpc) is 2.40. The van der Waals surface area contributed by atoms with Crippen molar-refractivity contribution in [2.45, 2.75) is 34.1 Å². The monoisotopic (exact) mass is 260 g/mol. The van der Waals surface area contributed by atoms with Crippen molar-refractivity contribution in [3.8, 4) is 11.1 Å². The van der Waals surface area contributed by atoms with E-state index < -0.39 is 0 Å². The molecule has 19 heavy (non-hydrogen) atoms. The number of hydrogen-bond acceptors (Lipinski definition) is 0. The van der Waals surface area contributed by atoms with Gasteiger partial charge < -0.3 is 0 Å². The van der Waals surface area contributed by atoms with Gasteiger partial charge in [-0.15, -0.1) is 0 Å². The number of benzene rings is 2. The van der Waals surface area contributed by atoms with Crippen molar-refractivity contribution in [3.05, 3.63) is 58.2 Å². The molecule has 0 aliphatic rings.